The third-order valence-corrected chi connectivity index (χ3v) is 2.69. The maximum absolute atomic E-state index is 11.2. The van der Waals surface area contributed by atoms with Gasteiger partial charge in [-0.3, -0.25) is 9.69 Å². The van der Waals surface area contributed by atoms with Crippen LogP contribution in [0.4, 0.5) is 0 Å². The van der Waals surface area contributed by atoms with Crippen molar-refractivity contribution >= 4 is 5.91 Å². The van der Waals surface area contributed by atoms with Crippen molar-refractivity contribution in [1.29, 1.82) is 0 Å². The van der Waals surface area contributed by atoms with E-state index in [-0.39, 0.29) is 7.33 Å². The van der Waals surface area contributed by atoms with Gasteiger partial charge in [0.1, 0.15) is 0 Å². The Bertz CT molecular complexity index is 209. The Morgan fingerprint density at radius 2 is 2.57 bits per heavy atom. The zero-order chi connectivity index (χ0) is 10.4. The van der Waals surface area contributed by atoms with Crippen molar-refractivity contribution in [3.05, 3.63) is 12.7 Å². The number of nitrogens with zero attached hydrogens (tertiary/aromatic N) is 1. The molecule has 0 aliphatic carbocycles. The van der Waals surface area contributed by atoms with E-state index in [1.54, 1.807) is 0 Å². The van der Waals surface area contributed by atoms with Crippen molar-refractivity contribution in [2.45, 2.75) is 32.2 Å². The smallest absolute Gasteiger partial charge is 0.221 e. The average Bonchev–Trinajstić information content (AvgIpc) is 2.62. The Kier molecular flexibility index (Phi) is 4.66. The Hall–Kier alpha value is -0.830. The summed E-state index contributed by atoms with van der Waals surface area (Å²) in [5, 5.41) is 2.81. The van der Waals surface area contributed by atoms with E-state index in [4.69, 9.17) is 0 Å². The molecule has 1 N–H and O–H groups in total. The minimum absolute atomic E-state index is 0. The summed E-state index contributed by atoms with van der Waals surface area (Å²) >= 11 is 0. The Labute approximate surface area is 87.6 Å². The number of hydrogen-bond acceptors (Lipinski definition) is 2. The predicted molar refractivity (Wildman–Crippen MR) is 60.2 cm³/mol. The highest BCUT2D eigenvalue weighted by atomic mass is 16.1. The van der Waals surface area contributed by atoms with Crippen molar-refractivity contribution in [3.63, 3.8) is 0 Å². The van der Waals surface area contributed by atoms with E-state index in [9.17, 15) is 4.79 Å². The fraction of sp³-hybridized carbons (Fsp3) is 0.727. The molecular weight excluding hydrogens is 176 g/mol. The lowest BCUT2D eigenvalue weighted by molar-refractivity contribution is -0.121. The second kappa shape index (κ2) is 5.81. The summed E-state index contributed by atoms with van der Waals surface area (Å²) in [4.78, 5) is 13.6. The quantitative estimate of drug-likeness (QED) is 0.677. The minimum atomic E-state index is 0. The van der Waals surface area contributed by atoms with Gasteiger partial charge in [-0.15, -0.1) is 6.58 Å². The summed E-state index contributed by atoms with van der Waals surface area (Å²) < 4.78 is 0. The second-order valence-electron chi connectivity index (χ2n) is 3.68. The van der Waals surface area contributed by atoms with E-state index < -0.39 is 0 Å². The molecule has 3 nitrogen and oxygen atoms in total. The molecule has 1 amide bonds. The summed E-state index contributed by atoms with van der Waals surface area (Å²) in [7, 11) is 0. The van der Waals surface area contributed by atoms with Gasteiger partial charge in [0.15, 0.2) is 0 Å². The van der Waals surface area contributed by atoms with Crippen molar-refractivity contribution in [3.8, 4) is 0 Å². The standard InChI is InChI=1S/C11H20N2O.H2/c1-3-10-6-5-8-13(10)9-7-11(14)12-4-2;/h3,10H,1,4-9H2,2H3,(H,12,14);1H/t10-;/m1./s1. The molecule has 1 heterocycles. The molecule has 1 aliphatic heterocycles. The molecule has 0 unspecified atom stereocenters. The van der Waals surface area contributed by atoms with Crippen LogP contribution in [0.3, 0.4) is 0 Å². The van der Waals surface area contributed by atoms with Crippen molar-refractivity contribution < 1.29 is 6.22 Å². The highest BCUT2D eigenvalue weighted by Gasteiger charge is 2.21. The summed E-state index contributed by atoms with van der Waals surface area (Å²) in [6.07, 6.45) is 5.02. The molecule has 1 atom stereocenters. The van der Waals surface area contributed by atoms with Crippen LogP contribution in [0.25, 0.3) is 0 Å². The first-order chi connectivity index (χ1) is 6.77. The number of hydrogen-bond donors (Lipinski definition) is 1. The minimum Gasteiger partial charge on any atom is -0.356 e. The highest BCUT2D eigenvalue weighted by molar-refractivity contribution is 5.75. The van der Waals surface area contributed by atoms with Gasteiger partial charge in [-0.2, -0.15) is 0 Å². The lowest BCUT2D eigenvalue weighted by Gasteiger charge is -2.20. The van der Waals surface area contributed by atoms with E-state index in [1.807, 2.05) is 13.0 Å². The molecule has 0 spiro atoms. The van der Waals surface area contributed by atoms with Crippen LogP contribution >= 0.6 is 0 Å². The number of rotatable bonds is 5. The van der Waals surface area contributed by atoms with Gasteiger partial charge in [-0.1, -0.05) is 6.08 Å². The molecule has 1 aliphatic rings. The van der Waals surface area contributed by atoms with Crippen LogP contribution in [-0.4, -0.2) is 36.5 Å². The maximum atomic E-state index is 11.2. The molecule has 3 heteroatoms. The molecule has 0 bridgehead atoms. The van der Waals surface area contributed by atoms with Gasteiger partial charge >= 0.3 is 0 Å². The molecule has 82 valence electrons. The zero-order valence-corrected chi connectivity index (χ0v) is 8.96. The van der Waals surface area contributed by atoms with Crippen LogP contribution in [0, 0.1) is 0 Å². The van der Waals surface area contributed by atoms with Crippen LogP contribution < -0.4 is 5.32 Å². The third kappa shape index (κ3) is 3.14. The lowest BCUT2D eigenvalue weighted by atomic mass is 10.2. The van der Waals surface area contributed by atoms with Gasteiger partial charge < -0.3 is 5.32 Å². The summed E-state index contributed by atoms with van der Waals surface area (Å²) in [6, 6.07) is 0.490. The Balaban J connectivity index is 0.00000196. The summed E-state index contributed by atoms with van der Waals surface area (Å²) in [6.45, 7) is 8.46. The van der Waals surface area contributed by atoms with Gasteiger partial charge in [0.25, 0.3) is 0 Å². The highest BCUT2D eigenvalue weighted by Crippen LogP contribution is 2.17. The molecule has 0 aromatic rings. The van der Waals surface area contributed by atoms with Gasteiger partial charge in [-0.25, -0.2) is 0 Å². The predicted octanol–water partition coefficient (Wildman–Crippen LogP) is 1.41. The topological polar surface area (TPSA) is 32.3 Å². The number of likely N-dealkylation sites (tertiary alicyclic amines) is 1. The Morgan fingerprint density at radius 3 is 3.21 bits per heavy atom. The molecule has 0 radical (unpaired) electrons. The molecule has 0 aromatic carbocycles. The van der Waals surface area contributed by atoms with E-state index in [2.05, 4.69) is 16.8 Å². The van der Waals surface area contributed by atoms with E-state index in [0.29, 0.717) is 12.5 Å². The molecule has 1 fully saturated rings. The molecule has 0 saturated carbocycles. The van der Waals surface area contributed by atoms with E-state index >= 15 is 0 Å². The third-order valence-electron chi connectivity index (χ3n) is 2.69. The largest absolute Gasteiger partial charge is 0.356 e. The van der Waals surface area contributed by atoms with Crippen LogP contribution in [0.1, 0.15) is 27.6 Å². The van der Waals surface area contributed by atoms with E-state index in [0.717, 1.165) is 19.6 Å². The first-order valence-corrected chi connectivity index (χ1v) is 5.41. The van der Waals surface area contributed by atoms with Crippen LogP contribution in [-0.2, 0) is 4.79 Å². The number of carbonyl (C=O) groups is 1. The first kappa shape index (κ1) is 11.2. The molecule has 0 aromatic heterocycles. The molecule has 14 heavy (non-hydrogen) atoms. The normalized spacial score (nSPS) is 22.2. The number of carbonyl (C=O) groups excluding carboxylic acids is 1. The average molecular weight is 198 g/mol. The first-order valence-electron chi connectivity index (χ1n) is 5.41. The SMILES string of the molecule is C=C[C@@H]1CCCN1CCC(=O)NCC.[HH]. The second-order valence-corrected chi connectivity index (χ2v) is 3.68. The van der Waals surface area contributed by atoms with Gasteiger partial charge in [0, 0.05) is 27.0 Å². The van der Waals surface area contributed by atoms with Gasteiger partial charge in [-0.05, 0) is 26.3 Å². The number of nitrogens with one attached hydrogen (secondary N) is 1. The number of amides is 1. The van der Waals surface area contributed by atoms with Crippen molar-refractivity contribution in [1.82, 2.24) is 10.2 Å². The van der Waals surface area contributed by atoms with Crippen molar-refractivity contribution in [2.75, 3.05) is 19.6 Å². The van der Waals surface area contributed by atoms with Gasteiger partial charge in [0.05, 0.1) is 0 Å². The van der Waals surface area contributed by atoms with Crippen LogP contribution in [0.2, 0.25) is 0 Å². The monoisotopic (exact) mass is 198 g/mol. The molecular formula is C11H22N2O. The Morgan fingerprint density at radius 1 is 1.79 bits per heavy atom. The lowest BCUT2D eigenvalue weighted by Crippen LogP contribution is -2.33. The fourth-order valence-corrected chi connectivity index (χ4v) is 1.93. The van der Waals surface area contributed by atoms with Crippen LogP contribution in [0.5, 0.6) is 0 Å². The van der Waals surface area contributed by atoms with Crippen molar-refractivity contribution in [2.24, 2.45) is 0 Å². The van der Waals surface area contributed by atoms with Gasteiger partial charge in [0.2, 0.25) is 5.91 Å². The maximum Gasteiger partial charge on any atom is 0.221 e. The summed E-state index contributed by atoms with van der Waals surface area (Å²) in [5.74, 6) is 0.155. The summed E-state index contributed by atoms with van der Waals surface area (Å²) in [5.41, 5.74) is 0. The zero-order valence-electron chi connectivity index (χ0n) is 8.96. The fourth-order valence-electron chi connectivity index (χ4n) is 1.93. The van der Waals surface area contributed by atoms with E-state index in [1.165, 1.54) is 12.8 Å². The van der Waals surface area contributed by atoms with Crippen LogP contribution in [0.15, 0.2) is 12.7 Å². The molecule has 1 saturated heterocycles. The molecule has 1 rings (SSSR count).